The van der Waals surface area contributed by atoms with Crippen LogP contribution < -0.4 is 14.8 Å². The lowest BCUT2D eigenvalue weighted by atomic mass is 10.0. The van der Waals surface area contributed by atoms with Gasteiger partial charge in [0.2, 0.25) is 5.91 Å². The third-order valence-electron chi connectivity index (χ3n) is 4.54. The molecule has 0 saturated heterocycles. The molecule has 3 aromatic rings. The van der Waals surface area contributed by atoms with Crippen LogP contribution in [-0.2, 0) is 11.2 Å². The number of thiazole rings is 1. The van der Waals surface area contributed by atoms with Crippen LogP contribution in [0.2, 0.25) is 5.02 Å². The number of ether oxygens (including phenoxy) is 2. The Morgan fingerprint density at radius 2 is 1.86 bits per heavy atom. The van der Waals surface area contributed by atoms with Crippen molar-refractivity contribution in [2.75, 3.05) is 14.2 Å². The highest BCUT2D eigenvalue weighted by Crippen LogP contribution is 2.33. The first-order valence-corrected chi connectivity index (χ1v) is 10.5. The summed E-state index contributed by atoms with van der Waals surface area (Å²) >= 11 is 7.45. The minimum Gasteiger partial charge on any atom is -0.493 e. The lowest BCUT2D eigenvalue weighted by molar-refractivity contribution is -0.121. The van der Waals surface area contributed by atoms with Crippen molar-refractivity contribution in [3.63, 3.8) is 0 Å². The molecule has 1 atom stereocenters. The van der Waals surface area contributed by atoms with Crippen molar-refractivity contribution in [1.29, 1.82) is 0 Å². The molecule has 0 radical (unpaired) electrons. The summed E-state index contributed by atoms with van der Waals surface area (Å²) in [6.07, 6.45) is 1.02. The van der Waals surface area contributed by atoms with Crippen molar-refractivity contribution in [3.8, 4) is 22.1 Å². The Morgan fingerprint density at radius 3 is 2.52 bits per heavy atom. The van der Waals surface area contributed by atoms with Gasteiger partial charge < -0.3 is 14.8 Å². The summed E-state index contributed by atoms with van der Waals surface area (Å²) in [7, 11) is 3.20. The SMILES string of the molecule is CC[C@H](NC(=O)Cc1csc(-c2ccc(OC)c(OC)c2)n1)c1ccc(Cl)cc1. The van der Waals surface area contributed by atoms with Gasteiger partial charge in [0.25, 0.3) is 0 Å². The van der Waals surface area contributed by atoms with Gasteiger partial charge in [-0.2, -0.15) is 0 Å². The van der Waals surface area contributed by atoms with Gasteiger partial charge in [0.05, 0.1) is 32.4 Å². The number of aromatic nitrogens is 1. The number of methoxy groups -OCH3 is 2. The number of carbonyl (C=O) groups is 1. The molecule has 0 aliphatic carbocycles. The van der Waals surface area contributed by atoms with Crippen molar-refractivity contribution in [2.45, 2.75) is 25.8 Å². The highest BCUT2D eigenvalue weighted by Gasteiger charge is 2.15. The molecule has 0 aliphatic rings. The van der Waals surface area contributed by atoms with Crippen LogP contribution in [0.25, 0.3) is 10.6 Å². The molecule has 1 aromatic heterocycles. The highest BCUT2D eigenvalue weighted by atomic mass is 35.5. The summed E-state index contributed by atoms with van der Waals surface area (Å²) in [6, 6.07) is 13.2. The topological polar surface area (TPSA) is 60.5 Å². The summed E-state index contributed by atoms with van der Waals surface area (Å²) in [6.45, 7) is 2.04. The molecule has 1 heterocycles. The quantitative estimate of drug-likeness (QED) is 0.527. The summed E-state index contributed by atoms with van der Waals surface area (Å²) in [5.41, 5.74) is 2.70. The molecular weight excluding hydrogens is 408 g/mol. The number of carbonyl (C=O) groups excluding carboxylic acids is 1. The number of hydrogen-bond donors (Lipinski definition) is 1. The molecule has 0 fully saturated rings. The molecule has 1 amide bonds. The van der Waals surface area contributed by atoms with Crippen molar-refractivity contribution >= 4 is 28.8 Å². The third kappa shape index (κ3) is 5.28. The highest BCUT2D eigenvalue weighted by molar-refractivity contribution is 7.13. The Bertz CT molecular complexity index is 972. The standard InChI is InChI=1S/C22H23ClN2O3S/c1-4-18(14-5-8-16(23)9-6-14)25-21(26)12-17-13-29-22(24-17)15-7-10-19(27-2)20(11-15)28-3/h5-11,13,18H,4,12H2,1-3H3,(H,25,26)/t18-/m0/s1. The van der Waals surface area contributed by atoms with E-state index in [4.69, 9.17) is 21.1 Å². The van der Waals surface area contributed by atoms with Gasteiger partial charge in [-0.25, -0.2) is 4.98 Å². The number of hydrogen-bond acceptors (Lipinski definition) is 5. The van der Waals surface area contributed by atoms with E-state index in [9.17, 15) is 4.79 Å². The second-order valence-electron chi connectivity index (χ2n) is 6.47. The van der Waals surface area contributed by atoms with Gasteiger partial charge in [0.15, 0.2) is 11.5 Å². The van der Waals surface area contributed by atoms with Gasteiger partial charge in [-0.05, 0) is 42.3 Å². The number of amides is 1. The summed E-state index contributed by atoms with van der Waals surface area (Å²) in [4.78, 5) is 17.2. The van der Waals surface area contributed by atoms with Crippen LogP contribution in [0.3, 0.4) is 0 Å². The molecule has 5 nitrogen and oxygen atoms in total. The number of nitrogens with zero attached hydrogens (tertiary/aromatic N) is 1. The molecule has 1 N–H and O–H groups in total. The number of halogens is 1. The van der Waals surface area contributed by atoms with Gasteiger partial charge in [0, 0.05) is 16.0 Å². The lowest BCUT2D eigenvalue weighted by Gasteiger charge is -2.17. The summed E-state index contributed by atoms with van der Waals surface area (Å²) in [5.74, 6) is 1.25. The van der Waals surface area contributed by atoms with Crippen molar-refractivity contribution < 1.29 is 14.3 Å². The molecule has 0 saturated carbocycles. The zero-order valence-electron chi connectivity index (χ0n) is 16.6. The predicted molar refractivity (Wildman–Crippen MR) is 117 cm³/mol. The normalized spacial score (nSPS) is 11.7. The fourth-order valence-electron chi connectivity index (χ4n) is 3.02. The Hall–Kier alpha value is -2.57. The van der Waals surface area contributed by atoms with Gasteiger partial charge in [-0.15, -0.1) is 11.3 Å². The number of rotatable bonds is 8. The van der Waals surface area contributed by atoms with Crippen LogP contribution in [0, 0.1) is 0 Å². The maximum Gasteiger partial charge on any atom is 0.226 e. The van der Waals surface area contributed by atoms with E-state index in [1.54, 1.807) is 14.2 Å². The zero-order chi connectivity index (χ0) is 20.8. The van der Waals surface area contributed by atoms with E-state index < -0.39 is 0 Å². The maximum absolute atomic E-state index is 12.5. The molecule has 0 unspecified atom stereocenters. The first kappa shape index (κ1) is 21.1. The molecular formula is C22H23ClN2O3S. The molecule has 29 heavy (non-hydrogen) atoms. The van der Waals surface area contributed by atoms with E-state index in [1.807, 2.05) is 54.8 Å². The third-order valence-corrected chi connectivity index (χ3v) is 5.73. The van der Waals surface area contributed by atoms with E-state index in [1.165, 1.54) is 11.3 Å². The average Bonchev–Trinajstić information content (AvgIpc) is 3.20. The zero-order valence-corrected chi connectivity index (χ0v) is 18.1. The molecule has 0 bridgehead atoms. The first-order valence-electron chi connectivity index (χ1n) is 9.25. The van der Waals surface area contributed by atoms with Gasteiger partial charge in [-0.1, -0.05) is 30.7 Å². The van der Waals surface area contributed by atoms with Gasteiger partial charge >= 0.3 is 0 Å². The number of benzene rings is 2. The minimum absolute atomic E-state index is 0.0521. The smallest absolute Gasteiger partial charge is 0.226 e. The molecule has 7 heteroatoms. The van der Waals surface area contributed by atoms with Crippen LogP contribution in [0.15, 0.2) is 47.8 Å². The van der Waals surface area contributed by atoms with Crippen LogP contribution in [-0.4, -0.2) is 25.1 Å². The van der Waals surface area contributed by atoms with Crippen molar-refractivity contribution in [2.24, 2.45) is 0 Å². The molecule has 152 valence electrons. The Kier molecular flexibility index (Phi) is 7.12. The predicted octanol–water partition coefficient (Wildman–Crippen LogP) is 5.29. The fourth-order valence-corrected chi connectivity index (χ4v) is 3.96. The first-order chi connectivity index (χ1) is 14.0. The van der Waals surface area contributed by atoms with E-state index in [2.05, 4.69) is 10.3 Å². The Balaban J connectivity index is 1.67. The van der Waals surface area contributed by atoms with Crippen molar-refractivity contribution in [3.05, 3.63) is 64.1 Å². The van der Waals surface area contributed by atoms with Gasteiger partial charge in [0.1, 0.15) is 5.01 Å². The Labute approximate surface area is 179 Å². The van der Waals surface area contributed by atoms with Gasteiger partial charge in [-0.3, -0.25) is 4.79 Å². The number of nitrogens with one attached hydrogen (secondary N) is 1. The summed E-state index contributed by atoms with van der Waals surface area (Å²) < 4.78 is 10.6. The van der Waals surface area contributed by atoms with Crippen LogP contribution in [0.4, 0.5) is 0 Å². The second-order valence-corrected chi connectivity index (χ2v) is 7.76. The Morgan fingerprint density at radius 1 is 1.14 bits per heavy atom. The fraction of sp³-hybridized carbons (Fsp3) is 0.273. The second kappa shape index (κ2) is 9.76. The summed E-state index contributed by atoms with van der Waals surface area (Å²) in [5, 5.41) is 6.50. The molecule has 3 rings (SSSR count). The van der Waals surface area contributed by atoms with Crippen LogP contribution in [0.5, 0.6) is 11.5 Å². The van der Waals surface area contributed by atoms with E-state index in [0.717, 1.165) is 28.2 Å². The van der Waals surface area contributed by atoms with Crippen molar-refractivity contribution in [1.82, 2.24) is 10.3 Å². The molecule has 0 spiro atoms. The van der Waals surface area contributed by atoms with E-state index >= 15 is 0 Å². The minimum atomic E-state index is -0.0593. The van der Waals surface area contributed by atoms with Crippen LogP contribution >= 0.6 is 22.9 Å². The molecule has 2 aromatic carbocycles. The average molecular weight is 431 g/mol. The largest absolute Gasteiger partial charge is 0.493 e. The van der Waals surface area contributed by atoms with Crippen LogP contribution in [0.1, 0.15) is 30.6 Å². The maximum atomic E-state index is 12.5. The van der Waals surface area contributed by atoms with E-state index in [-0.39, 0.29) is 18.4 Å². The molecule has 0 aliphatic heterocycles. The monoisotopic (exact) mass is 430 g/mol. The van der Waals surface area contributed by atoms with E-state index in [0.29, 0.717) is 16.5 Å². The lowest BCUT2D eigenvalue weighted by Crippen LogP contribution is -2.29.